The number of sulfonamides is 1. The maximum absolute atomic E-state index is 13.4. The first-order valence-corrected chi connectivity index (χ1v) is 11.7. The van der Waals surface area contributed by atoms with E-state index in [1.807, 2.05) is 24.3 Å². The lowest BCUT2D eigenvalue weighted by molar-refractivity contribution is 0.167. The number of amides is 2. The van der Waals surface area contributed by atoms with Crippen molar-refractivity contribution in [3.8, 4) is 0 Å². The van der Waals surface area contributed by atoms with E-state index < -0.39 is 15.8 Å². The Hall–Kier alpha value is -2.16. The summed E-state index contributed by atoms with van der Waals surface area (Å²) >= 11 is 5.97. The van der Waals surface area contributed by atoms with E-state index >= 15 is 0 Å². The van der Waals surface area contributed by atoms with Crippen LogP contribution in [0.5, 0.6) is 0 Å². The summed E-state index contributed by atoms with van der Waals surface area (Å²) in [5.74, 6) is -0.188. The fraction of sp³-hybridized carbons (Fsp3) is 0.381. The first kappa shape index (κ1) is 21.1. The first-order valence-electron chi connectivity index (χ1n) is 9.91. The molecule has 9 heteroatoms. The molecule has 1 aliphatic carbocycles. The molecule has 1 unspecified atom stereocenters. The Bertz CT molecular complexity index is 1020. The summed E-state index contributed by atoms with van der Waals surface area (Å²) < 4.78 is 40.2. The van der Waals surface area contributed by atoms with Gasteiger partial charge >= 0.3 is 6.03 Å². The predicted octanol–water partition coefficient (Wildman–Crippen LogP) is 3.65. The van der Waals surface area contributed by atoms with Crippen molar-refractivity contribution in [3.63, 3.8) is 0 Å². The SMILES string of the molecule is O=C(NC(c1ccc(Cl)cc1)C1CC1)N1CCN(S(=O)(=O)c2cccc(F)c2)CC1. The van der Waals surface area contributed by atoms with Crippen LogP contribution in [-0.2, 0) is 10.0 Å². The lowest BCUT2D eigenvalue weighted by atomic mass is 10.0. The van der Waals surface area contributed by atoms with E-state index in [1.165, 1.54) is 22.5 Å². The fourth-order valence-corrected chi connectivity index (χ4v) is 5.29. The highest BCUT2D eigenvalue weighted by Gasteiger charge is 2.36. The predicted molar refractivity (Wildman–Crippen MR) is 112 cm³/mol. The standard InChI is InChI=1S/C21H23ClFN3O3S/c22-17-8-6-16(7-9-17)20(15-4-5-15)24-21(27)25-10-12-26(13-11-25)30(28,29)19-3-1-2-18(23)14-19/h1-3,6-9,14-15,20H,4-5,10-13H2,(H,24,27). The Labute approximate surface area is 180 Å². The van der Waals surface area contributed by atoms with Crippen LogP contribution in [0.4, 0.5) is 9.18 Å². The molecule has 1 saturated carbocycles. The molecular formula is C21H23ClFN3O3S. The summed E-state index contributed by atoms with van der Waals surface area (Å²) in [4.78, 5) is 14.4. The van der Waals surface area contributed by atoms with E-state index in [-0.39, 0.29) is 43.1 Å². The molecule has 2 aromatic rings. The van der Waals surface area contributed by atoms with E-state index in [9.17, 15) is 17.6 Å². The zero-order valence-electron chi connectivity index (χ0n) is 16.3. The number of urea groups is 1. The van der Waals surface area contributed by atoms with Gasteiger partial charge in [-0.2, -0.15) is 4.31 Å². The monoisotopic (exact) mass is 451 g/mol. The van der Waals surface area contributed by atoms with Gasteiger partial charge < -0.3 is 10.2 Å². The number of piperazine rings is 1. The summed E-state index contributed by atoms with van der Waals surface area (Å²) in [7, 11) is -3.78. The minimum atomic E-state index is -3.78. The number of carbonyl (C=O) groups excluding carboxylic acids is 1. The number of benzene rings is 2. The molecule has 0 spiro atoms. The van der Waals surface area contributed by atoms with E-state index in [2.05, 4.69) is 5.32 Å². The number of nitrogens with one attached hydrogen (secondary N) is 1. The van der Waals surface area contributed by atoms with Gasteiger partial charge in [-0.15, -0.1) is 0 Å². The van der Waals surface area contributed by atoms with Gasteiger partial charge in [-0.05, 0) is 54.7 Å². The number of halogens is 2. The van der Waals surface area contributed by atoms with Gasteiger partial charge in [0.15, 0.2) is 0 Å². The zero-order valence-corrected chi connectivity index (χ0v) is 17.9. The summed E-state index contributed by atoms with van der Waals surface area (Å²) in [5, 5.41) is 3.75. The van der Waals surface area contributed by atoms with Crippen LogP contribution in [-0.4, -0.2) is 49.8 Å². The zero-order chi connectivity index (χ0) is 21.3. The van der Waals surface area contributed by atoms with Crippen molar-refractivity contribution in [1.29, 1.82) is 0 Å². The molecule has 30 heavy (non-hydrogen) atoms. The van der Waals surface area contributed by atoms with Crippen molar-refractivity contribution in [1.82, 2.24) is 14.5 Å². The molecule has 0 radical (unpaired) electrons. The van der Waals surface area contributed by atoms with Crippen molar-refractivity contribution >= 4 is 27.7 Å². The average molecular weight is 452 g/mol. The summed E-state index contributed by atoms with van der Waals surface area (Å²) in [6, 6.07) is 12.2. The third kappa shape index (κ3) is 4.61. The summed E-state index contributed by atoms with van der Waals surface area (Å²) in [5.41, 5.74) is 1.02. The van der Waals surface area contributed by atoms with Gasteiger partial charge in [-0.1, -0.05) is 29.8 Å². The van der Waals surface area contributed by atoms with Crippen LogP contribution in [0.15, 0.2) is 53.4 Å². The van der Waals surface area contributed by atoms with Crippen LogP contribution >= 0.6 is 11.6 Å². The second kappa shape index (κ2) is 8.53. The van der Waals surface area contributed by atoms with Crippen LogP contribution < -0.4 is 5.32 Å². The van der Waals surface area contributed by atoms with Crippen LogP contribution in [0.3, 0.4) is 0 Å². The highest BCUT2D eigenvalue weighted by Crippen LogP contribution is 2.41. The van der Waals surface area contributed by atoms with Gasteiger partial charge in [-0.3, -0.25) is 0 Å². The molecule has 1 heterocycles. The number of rotatable bonds is 5. The highest BCUT2D eigenvalue weighted by atomic mass is 35.5. The second-order valence-electron chi connectivity index (χ2n) is 7.66. The third-order valence-electron chi connectivity index (χ3n) is 5.56. The summed E-state index contributed by atoms with van der Waals surface area (Å²) in [6.45, 7) is 0.888. The maximum Gasteiger partial charge on any atom is 0.317 e. The Morgan fingerprint density at radius 2 is 1.73 bits per heavy atom. The molecular weight excluding hydrogens is 429 g/mol. The van der Waals surface area contributed by atoms with Crippen molar-refractivity contribution in [2.45, 2.75) is 23.8 Å². The Kier molecular flexibility index (Phi) is 5.99. The molecule has 2 amide bonds. The lowest BCUT2D eigenvalue weighted by Gasteiger charge is -2.35. The number of carbonyl (C=O) groups is 1. The molecule has 2 aliphatic rings. The second-order valence-corrected chi connectivity index (χ2v) is 10.0. The van der Waals surface area contributed by atoms with Crippen LogP contribution in [0.1, 0.15) is 24.4 Å². The first-order chi connectivity index (χ1) is 14.3. The molecule has 4 rings (SSSR count). The molecule has 6 nitrogen and oxygen atoms in total. The van der Waals surface area contributed by atoms with Crippen LogP contribution in [0, 0.1) is 11.7 Å². The molecule has 2 aromatic carbocycles. The van der Waals surface area contributed by atoms with Gasteiger partial charge in [0.25, 0.3) is 0 Å². The van der Waals surface area contributed by atoms with Crippen molar-refractivity contribution < 1.29 is 17.6 Å². The maximum atomic E-state index is 13.4. The van der Waals surface area contributed by atoms with Gasteiger partial charge in [0.1, 0.15) is 5.82 Å². The number of hydrogen-bond acceptors (Lipinski definition) is 3. The molecule has 1 N–H and O–H groups in total. The van der Waals surface area contributed by atoms with E-state index in [0.29, 0.717) is 10.9 Å². The fourth-order valence-electron chi connectivity index (χ4n) is 3.71. The van der Waals surface area contributed by atoms with Crippen molar-refractivity contribution in [3.05, 3.63) is 64.9 Å². The molecule has 2 fully saturated rings. The third-order valence-corrected chi connectivity index (χ3v) is 7.71. The molecule has 1 aliphatic heterocycles. The number of nitrogens with zero attached hydrogens (tertiary/aromatic N) is 2. The molecule has 1 atom stereocenters. The Morgan fingerprint density at radius 3 is 2.33 bits per heavy atom. The smallest absolute Gasteiger partial charge is 0.317 e. The van der Waals surface area contributed by atoms with E-state index in [1.54, 1.807) is 4.90 Å². The van der Waals surface area contributed by atoms with Crippen LogP contribution in [0.2, 0.25) is 5.02 Å². The molecule has 0 bridgehead atoms. The van der Waals surface area contributed by atoms with E-state index in [4.69, 9.17) is 11.6 Å². The Balaban J connectivity index is 1.38. The quantitative estimate of drug-likeness (QED) is 0.754. The molecule has 0 aromatic heterocycles. The molecule has 160 valence electrons. The minimum Gasteiger partial charge on any atom is -0.331 e. The van der Waals surface area contributed by atoms with Gasteiger partial charge in [0.05, 0.1) is 10.9 Å². The molecule has 1 saturated heterocycles. The lowest BCUT2D eigenvalue weighted by Crippen LogP contribution is -2.53. The highest BCUT2D eigenvalue weighted by molar-refractivity contribution is 7.89. The van der Waals surface area contributed by atoms with Gasteiger partial charge in [-0.25, -0.2) is 17.6 Å². The number of hydrogen-bond donors (Lipinski definition) is 1. The van der Waals surface area contributed by atoms with Gasteiger partial charge in [0.2, 0.25) is 10.0 Å². The van der Waals surface area contributed by atoms with E-state index in [0.717, 1.165) is 24.5 Å². The van der Waals surface area contributed by atoms with Crippen molar-refractivity contribution in [2.24, 2.45) is 5.92 Å². The van der Waals surface area contributed by atoms with Gasteiger partial charge in [0, 0.05) is 31.2 Å². The largest absolute Gasteiger partial charge is 0.331 e. The average Bonchev–Trinajstić information content (AvgIpc) is 3.58. The Morgan fingerprint density at radius 1 is 1.07 bits per heavy atom. The topological polar surface area (TPSA) is 69.7 Å². The minimum absolute atomic E-state index is 0.0723. The normalized spacial score (nSPS) is 18.8. The van der Waals surface area contributed by atoms with Crippen molar-refractivity contribution in [2.75, 3.05) is 26.2 Å². The summed E-state index contributed by atoms with van der Waals surface area (Å²) in [6.07, 6.45) is 2.13. The van der Waals surface area contributed by atoms with Crippen LogP contribution in [0.25, 0.3) is 0 Å².